The van der Waals surface area contributed by atoms with Crippen LogP contribution in [0, 0.1) is 0 Å². The Bertz CT molecular complexity index is 1090. The monoisotopic (exact) mass is 527 g/mol. The molecule has 1 unspecified atom stereocenters. The normalized spacial score (nSPS) is 22.8. The number of pyridine rings is 1. The average molecular weight is 528 g/mol. The number of hydrogen-bond donors (Lipinski definition) is 3. The summed E-state index contributed by atoms with van der Waals surface area (Å²) in [5, 5.41) is 10.9. The maximum absolute atomic E-state index is 15.8. The van der Waals surface area contributed by atoms with Crippen LogP contribution in [-0.2, 0) is 11.3 Å². The lowest BCUT2D eigenvalue weighted by Gasteiger charge is -2.42. The number of hydrogen-bond acceptors (Lipinski definition) is 7. The highest BCUT2D eigenvalue weighted by atomic mass is 19.1. The minimum Gasteiger partial charge on any atom is -0.381 e. The number of ether oxygens (including phenoxy) is 1. The number of nitrogens with one attached hydrogen (secondary N) is 2. The van der Waals surface area contributed by atoms with Crippen molar-refractivity contribution in [3.8, 4) is 0 Å². The average Bonchev–Trinajstić information content (AvgIpc) is 3.21. The second-order valence-electron chi connectivity index (χ2n) is 11.1. The van der Waals surface area contributed by atoms with Gasteiger partial charge in [-0.1, -0.05) is 51.4 Å². The SMILES string of the molecule is COC1CCN(c2ccncc2NC(=O)c2c(N)nn3c2NC2(CCCCCCCCCC2)C(F)C3)CC1. The lowest BCUT2D eigenvalue weighted by Crippen LogP contribution is -2.53. The molecular weight excluding hydrogens is 485 g/mol. The number of carbonyl (C=O) groups is 1. The molecule has 3 aliphatic rings. The van der Waals surface area contributed by atoms with Crippen LogP contribution in [0.3, 0.4) is 0 Å². The van der Waals surface area contributed by atoms with Gasteiger partial charge >= 0.3 is 0 Å². The van der Waals surface area contributed by atoms with Gasteiger partial charge < -0.3 is 26.0 Å². The van der Waals surface area contributed by atoms with Gasteiger partial charge in [0.05, 0.1) is 35.8 Å². The number of halogens is 1. The Labute approximate surface area is 224 Å². The van der Waals surface area contributed by atoms with Crippen molar-refractivity contribution in [2.45, 2.75) is 101 Å². The van der Waals surface area contributed by atoms with Gasteiger partial charge in [-0.15, -0.1) is 0 Å². The first-order valence-electron chi connectivity index (χ1n) is 14.3. The van der Waals surface area contributed by atoms with Crippen LogP contribution >= 0.6 is 0 Å². The molecule has 9 nitrogen and oxygen atoms in total. The molecule has 0 bridgehead atoms. The predicted molar refractivity (Wildman–Crippen MR) is 148 cm³/mol. The molecule has 208 valence electrons. The maximum Gasteiger partial charge on any atom is 0.263 e. The Morgan fingerprint density at radius 2 is 1.79 bits per heavy atom. The molecule has 2 aromatic rings. The summed E-state index contributed by atoms with van der Waals surface area (Å²) in [5.74, 6) is 0.272. The molecule has 1 aliphatic carbocycles. The van der Waals surface area contributed by atoms with E-state index in [1.54, 1.807) is 19.5 Å². The Kier molecular flexibility index (Phi) is 8.35. The summed E-state index contributed by atoms with van der Waals surface area (Å²) < 4.78 is 22.8. The van der Waals surface area contributed by atoms with Crippen LogP contribution in [0.1, 0.15) is 87.4 Å². The van der Waals surface area contributed by atoms with E-state index in [1.807, 2.05) is 6.07 Å². The van der Waals surface area contributed by atoms with Crippen molar-refractivity contribution in [1.82, 2.24) is 14.8 Å². The number of amides is 1. The van der Waals surface area contributed by atoms with E-state index in [1.165, 1.54) is 30.4 Å². The minimum atomic E-state index is -1.09. The van der Waals surface area contributed by atoms with Crippen molar-refractivity contribution in [3.05, 3.63) is 24.0 Å². The fourth-order valence-electron chi connectivity index (χ4n) is 6.39. The van der Waals surface area contributed by atoms with Crippen molar-refractivity contribution in [2.75, 3.05) is 41.5 Å². The number of methoxy groups -OCH3 is 1. The van der Waals surface area contributed by atoms with Crippen LogP contribution in [0.4, 0.5) is 27.4 Å². The number of nitrogens with zero attached hydrogens (tertiary/aromatic N) is 4. The van der Waals surface area contributed by atoms with Gasteiger partial charge in [0.15, 0.2) is 5.82 Å². The number of nitrogens with two attached hydrogens (primary N) is 1. The lowest BCUT2D eigenvalue weighted by molar-refractivity contribution is 0.0819. The molecule has 5 rings (SSSR count). The molecule has 1 saturated carbocycles. The van der Waals surface area contributed by atoms with Gasteiger partial charge in [-0.3, -0.25) is 9.78 Å². The number of aromatic nitrogens is 3. The van der Waals surface area contributed by atoms with Crippen molar-refractivity contribution in [1.29, 1.82) is 0 Å². The zero-order valence-corrected chi connectivity index (χ0v) is 22.6. The first-order chi connectivity index (χ1) is 18.5. The number of fused-ring (bicyclic) bond motifs is 1. The van der Waals surface area contributed by atoms with Gasteiger partial charge in [-0.2, -0.15) is 5.10 Å². The molecule has 2 aromatic heterocycles. The first kappa shape index (κ1) is 26.7. The molecule has 1 amide bonds. The highest BCUT2D eigenvalue weighted by molar-refractivity contribution is 6.12. The fourth-order valence-corrected chi connectivity index (χ4v) is 6.39. The molecule has 2 aliphatic heterocycles. The highest BCUT2D eigenvalue weighted by Gasteiger charge is 2.45. The molecule has 1 spiro atoms. The number of piperidine rings is 1. The van der Waals surface area contributed by atoms with Crippen molar-refractivity contribution < 1.29 is 13.9 Å². The predicted octanol–water partition coefficient (Wildman–Crippen LogP) is 5.14. The topological polar surface area (TPSA) is 110 Å². The van der Waals surface area contributed by atoms with Gasteiger partial charge in [-0.25, -0.2) is 9.07 Å². The van der Waals surface area contributed by atoms with E-state index >= 15 is 4.39 Å². The van der Waals surface area contributed by atoms with Crippen molar-refractivity contribution in [3.63, 3.8) is 0 Å². The highest BCUT2D eigenvalue weighted by Crippen LogP contribution is 2.40. The molecule has 1 atom stereocenters. The lowest BCUT2D eigenvalue weighted by atomic mass is 9.81. The Morgan fingerprint density at radius 3 is 2.45 bits per heavy atom. The third-order valence-electron chi connectivity index (χ3n) is 8.66. The molecule has 4 heterocycles. The fraction of sp³-hybridized carbons (Fsp3) is 0.679. The molecule has 0 aromatic carbocycles. The van der Waals surface area contributed by atoms with E-state index in [0.717, 1.165) is 70.1 Å². The minimum absolute atomic E-state index is 0.104. The molecule has 4 N–H and O–H groups in total. The van der Waals surface area contributed by atoms with Crippen LogP contribution in [0.15, 0.2) is 18.5 Å². The Hall–Kier alpha value is -2.88. The van der Waals surface area contributed by atoms with Gasteiger partial charge in [0.2, 0.25) is 0 Å². The molecule has 1 saturated heterocycles. The quantitative estimate of drug-likeness (QED) is 0.505. The van der Waals surface area contributed by atoms with Crippen molar-refractivity contribution >= 4 is 28.9 Å². The number of anilines is 4. The van der Waals surface area contributed by atoms with E-state index in [0.29, 0.717) is 11.5 Å². The summed E-state index contributed by atoms with van der Waals surface area (Å²) in [7, 11) is 1.75. The summed E-state index contributed by atoms with van der Waals surface area (Å²) in [5.41, 5.74) is 7.39. The zero-order chi connectivity index (χ0) is 26.5. The largest absolute Gasteiger partial charge is 0.381 e. The number of alkyl halides is 1. The second kappa shape index (κ2) is 11.9. The Morgan fingerprint density at radius 1 is 1.13 bits per heavy atom. The number of nitrogen functional groups attached to an aromatic ring is 1. The van der Waals surface area contributed by atoms with Gasteiger partial charge in [0.1, 0.15) is 17.6 Å². The summed E-state index contributed by atoms with van der Waals surface area (Å²) >= 11 is 0. The van der Waals surface area contributed by atoms with E-state index in [-0.39, 0.29) is 29.9 Å². The zero-order valence-electron chi connectivity index (χ0n) is 22.6. The summed E-state index contributed by atoms with van der Waals surface area (Å²) in [6.07, 6.45) is 15.0. The summed E-state index contributed by atoms with van der Waals surface area (Å²) in [6.45, 7) is 1.77. The first-order valence-corrected chi connectivity index (χ1v) is 14.3. The van der Waals surface area contributed by atoms with Crippen LogP contribution < -0.4 is 21.3 Å². The van der Waals surface area contributed by atoms with E-state index < -0.39 is 11.7 Å². The third kappa shape index (κ3) is 5.60. The van der Waals surface area contributed by atoms with Gasteiger partial charge in [-0.05, 0) is 31.7 Å². The summed E-state index contributed by atoms with van der Waals surface area (Å²) in [4.78, 5) is 20.2. The van der Waals surface area contributed by atoms with Crippen LogP contribution in [-0.4, -0.2) is 58.7 Å². The van der Waals surface area contributed by atoms with E-state index in [2.05, 4.69) is 25.6 Å². The molecule has 10 heteroatoms. The van der Waals surface area contributed by atoms with Gasteiger partial charge in [0, 0.05) is 26.4 Å². The van der Waals surface area contributed by atoms with Crippen LogP contribution in [0.2, 0.25) is 0 Å². The van der Waals surface area contributed by atoms with Crippen LogP contribution in [0.5, 0.6) is 0 Å². The van der Waals surface area contributed by atoms with Crippen molar-refractivity contribution in [2.24, 2.45) is 0 Å². The number of carbonyl (C=O) groups excluding carboxylic acids is 1. The molecule has 2 fully saturated rings. The molecule has 38 heavy (non-hydrogen) atoms. The number of rotatable bonds is 4. The Balaban J connectivity index is 1.37. The smallest absolute Gasteiger partial charge is 0.263 e. The van der Waals surface area contributed by atoms with E-state index in [4.69, 9.17) is 10.5 Å². The van der Waals surface area contributed by atoms with Gasteiger partial charge in [0.25, 0.3) is 5.91 Å². The molecule has 0 radical (unpaired) electrons. The standard InChI is InChI=1S/C28H42FN7O2/c1-38-20-11-16-35(17-12-20)22-10-15-31-18-21(22)32-27(37)24-25(30)34-36-19-23(29)28(33-26(24)36)13-8-6-4-2-3-5-7-9-14-28/h10,15,18,20,23,33H,2-9,11-14,16-17,19H2,1H3,(H2,30,34)(H,32,37). The van der Waals surface area contributed by atoms with E-state index in [9.17, 15) is 4.79 Å². The maximum atomic E-state index is 15.8. The second-order valence-corrected chi connectivity index (χ2v) is 11.1. The molecular formula is C28H42FN7O2. The third-order valence-corrected chi connectivity index (χ3v) is 8.66. The van der Waals surface area contributed by atoms with Crippen LogP contribution in [0.25, 0.3) is 0 Å². The summed E-state index contributed by atoms with van der Waals surface area (Å²) in [6, 6.07) is 1.92.